The molecule has 1 spiro atoms. The Balaban J connectivity index is 1.52. The largest absolute Gasteiger partial charge is 0.497 e. The van der Waals surface area contributed by atoms with Crippen LogP contribution in [-0.4, -0.2) is 31.1 Å². The number of ether oxygens (including phenoxy) is 1. The lowest BCUT2D eigenvalue weighted by molar-refractivity contribution is 0.216. The molecule has 2 fully saturated rings. The molecule has 1 saturated heterocycles. The van der Waals surface area contributed by atoms with Crippen LogP contribution in [0.4, 0.5) is 5.69 Å². The lowest BCUT2D eigenvalue weighted by Crippen LogP contribution is -2.39. The minimum atomic E-state index is 0.408. The highest BCUT2D eigenvalue weighted by atomic mass is 16.5. The van der Waals surface area contributed by atoms with Gasteiger partial charge in [0.05, 0.1) is 7.11 Å². The second-order valence-corrected chi connectivity index (χ2v) is 8.36. The van der Waals surface area contributed by atoms with Crippen molar-refractivity contribution in [3.63, 3.8) is 0 Å². The van der Waals surface area contributed by atoms with Gasteiger partial charge in [0.1, 0.15) is 5.75 Å². The molecular weight excluding hydrogens is 332 g/mol. The normalized spacial score (nSPS) is 22.5. The fraction of sp³-hybridized carbons (Fsp3) is 0.500. The Bertz CT molecular complexity index is 705. The van der Waals surface area contributed by atoms with Gasteiger partial charge in [0, 0.05) is 36.8 Å². The maximum atomic E-state index is 5.31. The smallest absolute Gasteiger partial charge is 0.119 e. The van der Waals surface area contributed by atoms with E-state index in [1.165, 1.54) is 56.3 Å². The molecule has 2 aromatic carbocycles. The summed E-state index contributed by atoms with van der Waals surface area (Å²) in [6, 6.07) is 19.9. The first-order valence-electron chi connectivity index (χ1n) is 10.4. The fourth-order valence-corrected chi connectivity index (χ4v) is 5.06. The van der Waals surface area contributed by atoms with Gasteiger partial charge in [-0.2, -0.15) is 0 Å². The van der Waals surface area contributed by atoms with Gasteiger partial charge in [-0.3, -0.25) is 4.90 Å². The van der Waals surface area contributed by atoms with Crippen LogP contribution in [-0.2, 0) is 6.54 Å². The third-order valence-electron chi connectivity index (χ3n) is 6.50. The number of nitrogens with one attached hydrogen (secondary N) is 1. The summed E-state index contributed by atoms with van der Waals surface area (Å²) >= 11 is 0. The van der Waals surface area contributed by atoms with Crippen molar-refractivity contribution >= 4 is 5.69 Å². The van der Waals surface area contributed by atoms with Crippen molar-refractivity contribution in [1.29, 1.82) is 0 Å². The van der Waals surface area contributed by atoms with Gasteiger partial charge >= 0.3 is 0 Å². The topological polar surface area (TPSA) is 24.5 Å². The van der Waals surface area contributed by atoms with Gasteiger partial charge in [-0.1, -0.05) is 56.0 Å². The van der Waals surface area contributed by atoms with Crippen molar-refractivity contribution in [1.82, 2.24) is 4.90 Å². The molecular formula is C24H32N2O. The number of hydrogen-bond donors (Lipinski definition) is 1. The van der Waals surface area contributed by atoms with Crippen LogP contribution in [0.2, 0.25) is 0 Å². The molecule has 1 aliphatic carbocycles. The number of nitrogens with zero attached hydrogens (tertiary/aromatic N) is 1. The molecule has 0 aromatic heterocycles. The number of benzene rings is 2. The highest BCUT2D eigenvalue weighted by molar-refractivity contribution is 5.48. The highest BCUT2D eigenvalue weighted by Crippen LogP contribution is 2.44. The molecule has 3 heteroatoms. The van der Waals surface area contributed by atoms with E-state index < -0.39 is 0 Å². The van der Waals surface area contributed by atoms with E-state index in [0.717, 1.165) is 18.8 Å². The molecule has 3 nitrogen and oxygen atoms in total. The quantitative estimate of drug-likeness (QED) is 0.776. The number of anilines is 1. The third kappa shape index (κ3) is 4.30. The average molecular weight is 365 g/mol. The van der Waals surface area contributed by atoms with E-state index in [4.69, 9.17) is 4.74 Å². The molecule has 1 saturated carbocycles. The van der Waals surface area contributed by atoms with Crippen LogP contribution in [0, 0.1) is 5.41 Å². The van der Waals surface area contributed by atoms with Gasteiger partial charge in [0.15, 0.2) is 0 Å². The lowest BCUT2D eigenvalue weighted by Gasteiger charge is -2.35. The molecule has 27 heavy (non-hydrogen) atoms. The van der Waals surface area contributed by atoms with E-state index in [1.54, 1.807) is 7.11 Å². The standard InChI is InChI=1S/C24H32N2O/c1-27-22-13-11-21(12-14-22)25-23-18-26(17-20-9-5-4-6-10-20)19-24(23)15-7-2-3-8-16-24/h4-6,9-14,23,25H,2-3,7-8,15-19H2,1H3. The minimum absolute atomic E-state index is 0.408. The zero-order valence-electron chi connectivity index (χ0n) is 16.5. The average Bonchev–Trinajstić information content (AvgIpc) is 2.87. The van der Waals surface area contributed by atoms with Crippen molar-refractivity contribution < 1.29 is 4.74 Å². The van der Waals surface area contributed by atoms with Crippen LogP contribution in [0.5, 0.6) is 5.75 Å². The summed E-state index contributed by atoms with van der Waals surface area (Å²) in [5.41, 5.74) is 3.04. The second kappa shape index (κ2) is 8.35. The van der Waals surface area contributed by atoms with Crippen molar-refractivity contribution in [2.75, 3.05) is 25.5 Å². The Morgan fingerprint density at radius 3 is 2.33 bits per heavy atom. The molecule has 1 atom stereocenters. The molecule has 2 aromatic rings. The number of hydrogen-bond acceptors (Lipinski definition) is 3. The van der Waals surface area contributed by atoms with E-state index in [0.29, 0.717) is 11.5 Å². The van der Waals surface area contributed by atoms with Crippen LogP contribution < -0.4 is 10.1 Å². The highest BCUT2D eigenvalue weighted by Gasteiger charge is 2.46. The maximum Gasteiger partial charge on any atom is 0.119 e. The molecule has 0 amide bonds. The molecule has 0 bridgehead atoms. The third-order valence-corrected chi connectivity index (χ3v) is 6.50. The van der Waals surface area contributed by atoms with E-state index >= 15 is 0 Å². The van der Waals surface area contributed by atoms with E-state index in [1.807, 2.05) is 0 Å². The Hall–Kier alpha value is -2.00. The van der Waals surface area contributed by atoms with Crippen molar-refractivity contribution in [2.45, 2.75) is 51.1 Å². The Kier molecular flexibility index (Phi) is 5.68. The minimum Gasteiger partial charge on any atom is -0.497 e. The van der Waals surface area contributed by atoms with Crippen molar-refractivity contribution in [3.8, 4) is 5.75 Å². The summed E-state index contributed by atoms with van der Waals surface area (Å²) in [4.78, 5) is 2.67. The van der Waals surface area contributed by atoms with Crippen LogP contribution in [0.15, 0.2) is 54.6 Å². The first-order chi connectivity index (χ1) is 13.3. The first kappa shape index (κ1) is 18.4. The van der Waals surface area contributed by atoms with E-state index in [9.17, 15) is 0 Å². The van der Waals surface area contributed by atoms with E-state index in [2.05, 4.69) is 64.8 Å². The van der Waals surface area contributed by atoms with Gasteiger partial charge < -0.3 is 10.1 Å². The number of rotatable bonds is 5. The number of methoxy groups -OCH3 is 1. The molecule has 1 aliphatic heterocycles. The van der Waals surface area contributed by atoms with Crippen LogP contribution in [0.25, 0.3) is 0 Å². The molecule has 4 rings (SSSR count). The van der Waals surface area contributed by atoms with Gasteiger partial charge in [-0.25, -0.2) is 0 Å². The van der Waals surface area contributed by atoms with Crippen molar-refractivity contribution in [2.24, 2.45) is 5.41 Å². The summed E-state index contributed by atoms with van der Waals surface area (Å²) in [6.45, 7) is 3.40. The van der Waals surface area contributed by atoms with Gasteiger partial charge in [0.2, 0.25) is 0 Å². The van der Waals surface area contributed by atoms with E-state index in [-0.39, 0.29) is 0 Å². The fourth-order valence-electron chi connectivity index (χ4n) is 5.06. The van der Waals surface area contributed by atoms with Crippen LogP contribution in [0.1, 0.15) is 44.1 Å². The predicted octanol–water partition coefficient (Wildman–Crippen LogP) is 5.33. The predicted molar refractivity (Wildman–Crippen MR) is 112 cm³/mol. The molecule has 1 unspecified atom stereocenters. The molecule has 1 heterocycles. The molecule has 1 N–H and O–H groups in total. The van der Waals surface area contributed by atoms with Crippen molar-refractivity contribution in [3.05, 3.63) is 60.2 Å². The van der Waals surface area contributed by atoms with Gasteiger partial charge in [0.25, 0.3) is 0 Å². The summed E-state index contributed by atoms with van der Waals surface area (Å²) in [6.07, 6.45) is 8.25. The second-order valence-electron chi connectivity index (χ2n) is 8.36. The Morgan fingerprint density at radius 1 is 0.963 bits per heavy atom. The molecule has 0 radical (unpaired) electrons. The molecule has 144 valence electrons. The SMILES string of the molecule is COc1ccc(NC2CN(Cc3ccccc3)CC23CCCCCC3)cc1. The summed E-state index contributed by atoms with van der Waals surface area (Å²) in [5.74, 6) is 0.918. The maximum absolute atomic E-state index is 5.31. The van der Waals surface area contributed by atoms with Crippen LogP contribution >= 0.6 is 0 Å². The summed E-state index contributed by atoms with van der Waals surface area (Å²) < 4.78 is 5.31. The van der Waals surface area contributed by atoms with Gasteiger partial charge in [-0.05, 0) is 42.7 Å². The monoisotopic (exact) mass is 364 g/mol. The summed E-state index contributed by atoms with van der Waals surface area (Å²) in [7, 11) is 1.72. The lowest BCUT2D eigenvalue weighted by atomic mass is 9.76. The summed E-state index contributed by atoms with van der Waals surface area (Å²) in [5, 5.41) is 3.90. The Morgan fingerprint density at radius 2 is 1.67 bits per heavy atom. The molecule has 2 aliphatic rings. The zero-order valence-corrected chi connectivity index (χ0v) is 16.5. The van der Waals surface area contributed by atoms with Gasteiger partial charge in [-0.15, -0.1) is 0 Å². The van der Waals surface area contributed by atoms with Crippen LogP contribution in [0.3, 0.4) is 0 Å². The Labute approximate surface area is 163 Å². The first-order valence-corrected chi connectivity index (χ1v) is 10.4. The zero-order chi connectivity index (χ0) is 18.5. The number of likely N-dealkylation sites (tertiary alicyclic amines) is 1.